The number of hydrogen-bond donors (Lipinski definition) is 1. The maximum absolute atomic E-state index is 12.9. The Labute approximate surface area is 153 Å². The van der Waals surface area contributed by atoms with Crippen LogP contribution in [0.2, 0.25) is 0 Å². The van der Waals surface area contributed by atoms with Gasteiger partial charge in [-0.3, -0.25) is 4.79 Å². The summed E-state index contributed by atoms with van der Waals surface area (Å²) in [4.78, 5) is 39.9. The number of H-pyrrole nitrogens is 1. The minimum absolute atomic E-state index is 0.256. The normalized spacial score (nSPS) is 10.6. The molecule has 3 rings (SSSR count). The van der Waals surface area contributed by atoms with Crippen LogP contribution in [0, 0.1) is 0 Å². The Morgan fingerprint density at radius 1 is 1.04 bits per heavy atom. The average molecular weight is 370 g/mol. The Balaban J connectivity index is 2.17. The molecule has 0 aliphatic heterocycles. The molecule has 0 amide bonds. The average Bonchev–Trinajstić information content (AvgIpc) is 2.67. The monoisotopic (exact) mass is 370 g/mol. The molecule has 0 aliphatic rings. The third-order valence-electron chi connectivity index (χ3n) is 4.05. The van der Waals surface area contributed by atoms with Crippen molar-refractivity contribution in [2.24, 2.45) is 0 Å². The summed E-state index contributed by atoms with van der Waals surface area (Å²) >= 11 is 0. The van der Waals surface area contributed by atoms with E-state index in [-0.39, 0.29) is 23.3 Å². The fourth-order valence-corrected chi connectivity index (χ4v) is 2.80. The Morgan fingerprint density at radius 2 is 1.74 bits per heavy atom. The molecule has 0 atom stereocenters. The van der Waals surface area contributed by atoms with Gasteiger partial charge < -0.3 is 19.2 Å². The van der Waals surface area contributed by atoms with E-state index in [0.717, 1.165) is 4.57 Å². The van der Waals surface area contributed by atoms with E-state index in [4.69, 9.17) is 14.2 Å². The summed E-state index contributed by atoms with van der Waals surface area (Å²) in [5, 5.41) is 0.265. The quantitative estimate of drug-likeness (QED) is 0.689. The van der Waals surface area contributed by atoms with Gasteiger partial charge in [0.1, 0.15) is 5.52 Å². The van der Waals surface area contributed by atoms with E-state index in [2.05, 4.69) is 4.98 Å². The van der Waals surface area contributed by atoms with Crippen LogP contribution in [0.4, 0.5) is 0 Å². The van der Waals surface area contributed by atoms with E-state index in [1.165, 1.54) is 38.5 Å². The maximum Gasteiger partial charge on any atom is 0.338 e. The van der Waals surface area contributed by atoms with Crippen LogP contribution in [0.15, 0.2) is 46.0 Å². The van der Waals surface area contributed by atoms with Gasteiger partial charge in [-0.25, -0.2) is 14.2 Å². The molecular formula is C19H18N2O6. The zero-order valence-corrected chi connectivity index (χ0v) is 15.1. The lowest BCUT2D eigenvalue weighted by Gasteiger charge is -2.12. The Morgan fingerprint density at radius 3 is 2.33 bits per heavy atom. The molecule has 0 radical (unpaired) electrons. The highest BCUT2D eigenvalue weighted by molar-refractivity contribution is 5.89. The van der Waals surface area contributed by atoms with Gasteiger partial charge in [-0.1, -0.05) is 0 Å². The number of fused-ring (bicyclic) bond motifs is 1. The number of rotatable bonds is 5. The Hall–Kier alpha value is -3.55. The molecular weight excluding hydrogens is 352 g/mol. The molecule has 0 saturated carbocycles. The molecule has 0 aliphatic carbocycles. The predicted molar refractivity (Wildman–Crippen MR) is 99.2 cm³/mol. The van der Waals surface area contributed by atoms with Crippen LogP contribution < -0.4 is 20.7 Å². The van der Waals surface area contributed by atoms with Crippen LogP contribution in [0.1, 0.15) is 17.3 Å². The maximum atomic E-state index is 12.9. The number of carbonyl (C=O) groups is 1. The third kappa shape index (κ3) is 3.17. The van der Waals surface area contributed by atoms with E-state index >= 15 is 0 Å². The first-order valence-corrected chi connectivity index (χ1v) is 8.19. The van der Waals surface area contributed by atoms with Gasteiger partial charge in [0.25, 0.3) is 5.56 Å². The lowest BCUT2D eigenvalue weighted by molar-refractivity contribution is 0.0526. The van der Waals surface area contributed by atoms with Crippen LogP contribution in [0.25, 0.3) is 16.6 Å². The molecule has 0 bridgehead atoms. The Bertz CT molecular complexity index is 1110. The molecule has 27 heavy (non-hydrogen) atoms. The molecule has 1 N–H and O–H groups in total. The lowest BCUT2D eigenvalue weighted by Crippen LogP contribution is -2.33. The number of hydrogen-bond acceptors (Lipinski definition) is 6. The summed E-state index contributed by atoms with van der Waals surface area (Å²) in [6.07, 6.45) is 0. The molecule has 0 saturated heterocycles. The molecule has 0 unspecified atom stereocenters. The molecule has 0 spiro atoms. The van der Waals surface area contributed by atoms with Crippen molar-refractivity contribution in [1.29, 1.82) is 0 Å². The van der Waals surface area contributed by atoms with Gasteiger partial charge in [0.2, 0.25) is 0 Å². The lowest BCUT2D eigenvalue weighted by atomic mass is 10.2. The van der Waals surface area contributed by atoms with Crippen LogP contribution in [-0.2, 0) is 4.74 Å². The van der Waals surface area contributed by atoms with Crippen LogP contribution in [0.5, 0.6) is 11.5 Å². The number of esters is 1. The first-order valence-electron chi connectivity index (χ1n) is 8.19. The molecule has 8 heteroatoms. The topological polar surface area (TPSA) is 99.6 Å². The number of ether oxygens (including phenoxy) is 3. The summed E-state index contributed by atoms with van der Waals surface area (Å²) in [6.45, 7) is 1.97. The van der Waals surface area contributed by atoms with Gasteiger partial charge in [0.05, 0.1) is 37.5 Å². The van der Waals surface area contributed by atoms with Gasteiger partial charge in [-0.2, -0.15) is 0 Å². The van der Waals surface area contributed by atoms with Crippen molar-refractivity contribution >= 4 is 16.9 Å². The number of aromatic nitrogens is 2. The van der Waals surface area contributed by atoms with E-state index in [1.807, 2.05) is 0 Å². The van der Waals surface area contributed by atoms with Gasteiger partial charge >= 0.3 is 11.7 Å². The second-order valence-electron chi connectivity index (χ2n) is 5.56. The smallest absolute Gasteiger partial charge is 0.338 e. The number of aromatic amines is 1. The van der Waals surface area contributed by atoms with Gasteiger partial charge in [-0.05, 0) is 43.3 Å². The highest BCUT2D eigenvalue weighted by Crippen LogP contribution is 2.32. The fourth-order valence-electron chi connectivity index (χ4n) is 2.80. The zero-order chi connectivity index (χ0) is 19.6. The molecule has 3 aromatic rings. The van der Waals surface area contributed by atoms with Crippen molar-refractivity contribution in [1.82, 2.24) is 9.55 Å². The first-order chi connectivity index (χ1) is 13.0. The predicted octanol–water partition coefficient (Wildman–Crippen LogP) is 1.87. The van der Waals surface area contributed by atoms with Crippen molar-refractivity contribution in [3.8, 4) is 17.2 Å². The van der Waals surface area contributed by atoms with Crippen LogP contribution in [-0.4, -0.2) is 36.3 Å². The Kier molecular flexibility index (Phi) is 4.98. The summed E-state index contributed by atoms with van der Waals surface area (Å²) in [5.74, 6) is 0.200. The number of nitrogens with one attached hydrogen (secondary N) is 1. The van der Waals surface area contributed by atoms with Crippen molar-refractivity contribution in [2.75, 3.05) is 20.8 Å². The van der Waals surface area contributed by atoms with E-state index < -0.39 is 17.2 Å². The molecule has 1 heterocycles. The van der Waals surface area contributed by atoms with Gasteiger partial charge in [-0.15, -0.1) is 0 Å². The summed E-state index contributed by atoms with van der Waals surface area (Å²) in [7, 11) is 2.89. The fraction of sp³-hybridized carbons (Fsp3) is 0.211. The van der Waals surface area contributed by atoms with Gasteiger partial charge in [0.15, 0.2) is 11.5 Å². The van der Waals surface area contributed by atoms with Crippen molar-refractivity contribution in [3.05, 3.63) is 62.8 Å². The number of carbonyl (C=O) groups excluding carboxylic acids is 1. The molecule has 0 fully saturated rings. The molecule has 140 valence electrons. The number of nitrogens with zero attached hydrogens (tertiary/aromatic N) is 1. The van der Waals surface area contributed by atoms with Crippen molar-refractivity contribution in [2.45, 2.75) is 6.92 Å². The van der Waals surface area contributed by atoms with Gasteiger partial charge in [0, 0.05) is 0 Å². The highest BCUT2D eigenvalue weighted by Gasteiger charge is 2.16. The van der Waals surface area contributed by atoms with Crippen LogP contribution >= 0.6 is 0 Å². The number of methoxy groups -OCH3 is 2. The van der Waals surface area contributed by atoms with E-state index in [0.29, 0.717) is 17.0 Å². The largest absolute Gasteiger partial charge is 0.493 e. The molecule has 1 aromatic heterocycles. The van der Waals surface area contributed by atoms with E-state index in [1.54, 1.807) is 19.1 Å². The van der Waals surface area contributed by atoms with E-state index in [9.17, 15) is 14.4 Å². The highest BCUT2D eigenvalue weighted by atomic mass is 16.5. The standard InChI is InChI=1S/C19H18N2O6/c1-4-27-18(23)11-5-7-12(8-6-11)21-17(22)13-9-10-14(25-2)16(26-3)15(13)20-19(21)24/h5-10H,4H2,1-3H3,(H,20,24). The minimum Gasteiger partial charge on any atom is -0.493 e. The molecule has 8 nitrogen and oxygen atoms in total. The molecule has 2 aromatic carbocycles. The minimum atomic E-state index is -0.636. The first kappa shape index (κ1) is 18.2. The second-order valence-corrected chi connectivity index (χ2v) is 5.56. The summed E-state index contributed by atoms with van der Waals surface area (Å²) in [6, 6.07) is 9.16. The zero-order valence-electron chi connectivity index (χ0n) is 15.1. The summed E-state index contributed by atoms with van der Waals surface area (Å²) in [5.41, 5.74) is -0.240. The van der Waals surface area contributed by atoms with Crippen molar-refractivity contribution < 1.29 is 19.0 Å². The SMILES string of the molecule is CCOC(=O)c1ccc(-n2c(=O)[nH]c3c(OC)c(OC)ccc3c2=O)cc1. The van der Waals surface area contributed by atoms with Crippen molar-refractivity contribution in [3.63, 3.8) is 0 Å². The second kappa shape index (κ2) is 7.36. The summed E-state index contributed by atoms with van der Waals surface area (Å²) < 4.78 is 16.4. The third-order valence-corrected chi connectivity index (χ3v) is 4.05. The number of benzene rings is 2. The van der Waals surface area contributed by atoms with Crippen LogP contribution in [0.3, 0.4) is 0 Å².